The third-order valence-electron chi connectivity index (χ3n) is 3.99. The van der Waals surface area contributed by atoms with Crippen molar-refractivity contribution >= 4 is 11.6 Å². The molecule has 1 aromatic rings. The molecule has 0 saturated heterocycles. The van der Waals surface area contributed by atoms with Crippen LogP contribution in [-0.4, -0.2) is 19.0 Å². The van der Waals surface area contributed by atoms with Gasteiger partial charge in [0.15, 0.2) is 0 Å². The molecule has 1 aliphatic heterocycles. The summed E-state index contributed by atoms with van der Waals surface area (Å²) in [6.45, 7) is 4.41. The van der Waals surface area contributed by atoms with Crippen LogP contribution in [0.1, 0.15) is 51.1 Å². The van der Waals surface area contributed by atoms with Crippen LogP contribution in [0, 0.1) is 0 Å². The molecule has 2 rings (SSSR count). The molecule has 3 nitrogen and oxygen atoms in total. The standard InChI is InChI=1S/C16H24N2O/c1-4-8-12(5-2)17-14-11-16(19)18(3)15-10-7-6-9-13(14)15/h6-7,9-10,12,14,17H,4-5,8,11H2,1-3H3. The highest BCUT2D eigenvalue weighted by Gasteiger charge is 2.29. The first-order valence-electron chi connectivity index (χ1n) is 7.28. The van der Waals surface area contributed by atoms with Crippen LogP contribution >= 0.6 is 0 Å². The molecule has 0 saturated carbocycles. The van der Waals surface area contributed by atoms with Gasteiger partial charge in [-0.15, -0.1) is 0 Å². The van der Waals surface area contributed by atoms with E-state index in [4.69, 9.17) is 0 Å². The van der Waals surface area contributed by atoms with Crippen LogP contribution < -0.4 is 10.2 Å². The highest BCUT2D eigenvalue weighted by molar-refractivity contribution is 5.96. The number of rotatable bonds is 5. The molecule has 1 heterocycles. The molecule has 19 heavy (non-hydrogen) atoms. The van der Waals surface area contributed by atoms with Gasteiger partial charge in [-0.3, -0.25) is 4.79 Å². The van der Waals surface area contributed by atoms with Crippen molar-refractivity contribution in [2.75, 3.05) is 11.9 Å². The van der Waals surface area contributed by atoms with Crippen LogP contribution in [0.4, 0.5) is 5.69 Å². The third kappa shape index (κ3) is 2.98. The van der Waals surface area contributed by atoms with E-state index in [1.54, 1.807) is 4.90 Å². The lowest BCUT2D eigenvalue weighted by Gasteiger charge is -2.34. The molecule has 0 spiro atoms. The van der Waals surface area contributed by atoms with Crippen molar-refractivity contribution in [2.45, 2.75) is 51.6 Å². The molecule has 1 aromatic carbocycles. The van der Waals surface area contributed by atoms with Crippen molar-refractivity contribution in [3.63, 3.8) is 0 Å². The van der Waals surface area contributed by atoms with Gasteiger partial charge in [0, 0.05) is 31.2 Å². The van der Waals surface area contributed by atoms with Crippen molar-refractivity contribution in [2.24, 2.45) is 0 Å². The van der Waals surface area contributed by atoms with Crippen molar-refractivity contribution in [1.82, 2.24) is 5.32 Å². The van der Waals surface area contributed by atoms with Gasteiger partial charge in [0.2, 0.25) is 5.91 Å². The Morgan fingerprint density at radius 1 is 1.37 bits per heavy atom. The smallest absolute Gasteiger partial charge is 0.228 e. The number of carbonyl (C=O) groups is 1. The van der Waals surface area contributed by atoms with Crippen molar-refractivity contribution in [1.29, 1.82) is 0 Å². The largest absolute Gasteiger partial charge is 0.315 e. The molecule has 2 atom stereocenters. The van der Waals surface area contributed by atoms with Gasteiger partial charge in [0.05, 0.1) is 0 Å². The normalized spacial score (nSPS) is 20.3. The molecule has 1 aliphatic rings. The number of carbonyl (C=O) groups excluding carboxylic acids is 1. The second-order valence-electron chi connectivity index (χ2n) is 5.33. The van der Waals surface area contributed by atoms with Gasteiger partial charge in [-0.05, 0) is 24.5 Å². The van der Waals surface area contributed by atoms with Gasteiger partial charge < -0.3 is 10.2 Å². The monoisotopic (exact) mass is 260 g/mol. The summed E-state index contributed by atoms with van der Waals surface area (Å²) in [6.07, 6.45) is 4.01. The number of anilines is 1. The highest BCUT2D eigenvalue weighted by Crippen LogP contribution is 2.33. The summed E-state index contributed by atoms with van der Waals surface area (Å²) in [5.41, 5.74) is 2.29. The maximum atomic E-state index is 12.1. The molecule has 1 N–H and O–H groups in total. The minimum absolute atomic E-state index is 0.163. The first-order valence-corrected chi connectivity index (χ1v) is 7.28. The Bertz CT molecular complexity index is 444. The van der Waals surface area contributed by atoms with E-state index in [0.29, 0.717) is 12.5 Å². The third-order valence-corrected chi connectivity index (χ3v) is 3.99. The molecular formula is C16H24N2O. The van der Waals surface area contributed by atoms with E-state index in [2.05, 4.69) is 31.3 Å². The molecule has 0 bridgehead atoms. The Morgan fingerprint density at radius 2 is 2.11 bits per heavy atom. The fraction of sp³-hybridized carbons (Fsp3) is 0.562. The molecule has 3 heteroatoms. The number of amides is 1. The highest BCUT2D eigenvalue weighted by atomic mass is 16.2. The predicted octanol–water partition coefficient (Wildman–Crippen LogP) is 3.26. The molecule has 0 aromatic heterocycles. The number of hydrogen-bond acceptors (Lipinski definition) is 2. The summed E-state index contributed by atoms with van der Waals surface area (Å²) in [5, 5.41) is 3.67. The second kappa shape index (κ2) is 6.20. The van der Waals surface area contributed by atoms with Gasteiger partial charge >= 0.3 is 0 Å². The fourth-order valence-corrected chi connectivity index (χ4v) is 2.83. The Morgan fingerprint density at radius 3 is 2.79 bits per heavy atom. The quantitative estimate of drug-likeness (QED) is 0.881. The summed E-state index contributed by atoms with van der Waals surface area (Å²) in [7, 11) is 1.86. The van der Waals surface area contributed by atoms with Gasteiger partial charge in [-0.2, -0.15) is 0 Å². The lowest BCUT2D eigenvalue weighted by atomic mass is 9.94. The average molecular weight is 260 g/mol. The van der Waals surface area contributed by atoms with E-state index in [-0.39, 0.29) is 11.9 Å². The lowest BCUT2D eigenvalue weighted by molar-refractivity contribution is -0.119. The van der Waals surface area contributed by atoms with Crippen LogP contribution in [0.5, 0.6) is 0 Å². The molecule has 0 aliphatic carbocycles. The van der Waals surface area contributed by atoms with E-state index >= 15 is 0 Å². The van der Waals surface area contributed by atoms with E-state index in [9.17, 15) is 4.79 Å². The van der Waals surface area contributed by atoms with Crippen molar-refractivity contribution in [3.05, 3.63) is 29.8 Å². The maximum absolute atomic E-state index is 12.1. The topological polar surface area (TPSA) is 32.3 Å². The van der Waals surface area contributed by atoms with E-state index < -0.39 is 0 Å². The number of fused-ring (bicyclic) bond motifs is 1. The summed E-state index contributed by atoms with van der Waals surface area (Å²) < 4.78 is 0. The SMILES string of the molecule is CCCC(CC)NC1CC(=O)N(C)c2ccccc21. The van der Waals surface area contributed by atoms with Gasteiger partial charge in [0.1, 0.15) is 0 Å². The molecule has 0 fully saturated rings. The number of nitrogens with one attached hydrogen (secondary N) is 1. The Labute approximate surface area is 116 Å². The van der Waals surface area contributed by atoms with Gasteiger partial charge in [-0.25, -0.2) is 0 Å². The predicted molar refractivity (Wildman–Crippen MR) is 79.3 cm³/mol. The zero-order valence-electron chi connectivity index (χ0n) is 12.1. The van der Waals surface area contributed by atoms with E-state index in [1.165, 1.54) is 18.4 Å². The second-order valence-corrected chi connectivity index (χ2v) is 5.33. The van der Waals surface area contributed by atoms with Gasteiger partial charge in [-0.1, -0.05) is 38.5 Å². The van der Waals surface area contributed by atoms with Crippen LogP contribution in [0.3, 0.4) is 0 Å². The Hall–Kier alpha value is -1.35. The zero-order valence-corrected chi connectivity index (χ0v) is 12.1. The summed E-state index contributed by atoms with van der Waals surface area (Å²) in [6, 6.07) is 8.87. The minimum Gasteiger partial charge on any atom is -0.315 e. The molecular weight excluding hydrogens is 236 g/mol. The van der Waals surface area contributed by atoms with Crippen molar-refractivity contribution < 1.29 is 4.79 Å². The van der Waals surface area contributed by atoms with Crippen LogP contribution in [0.25, 0.3) is 0 Å². The fourth-order valence-electron chi connectivity index (χ4n) is 2.83. The molecule has 104 valence electrons. The van der Waals surface area contributed by atoms with E-state index in [0.717, 1.165) is 12.1 Å². The molecule has 1 amide bonds. The van der Waals surface area contributed by atoms with Crippen molar-refractivity contribution in [3.8, 4) is 0 Å². The summed E-state index contributed by atoms with van der Waals surface area (Å²) >= 11 is 0. The zero-order chi connectivity index (χ0) is 13.8. The molecule has 0 radical (unpaired) electrons. The lowest BCUT2D eigenvalue weighted by Crippen LogP contribution is -2.41. The number of hydrogen-bond donors (Lipinski definition) is 1. The van der Waals surface area contributed by atoms with Crippen LogP contribution in [0.2, 0.25) is 0 Å². The van der Waals surface area contributed by atoms with Crippen LogP contribution in [-0.2, 0) is 4.79 Å². The summed E-state index contributed by atoms with van der Waals surface area (Å²) in [5.74, 6) is 0.197. The first-order chi connectivity index (χ1) is 9.17. The number of nitrogens with zero attached hydrogens (tertiary/aromatic N) is 1. The summed E-state index contributed by atoms with van der Waals surface area (Å²) in [4.78, 5) is 13.9. The van der Waals surface area contributed by atoms with Gasteiger partial charge in [0.25, 0.3) is 0 Å². The van der Waals surface area contributed by atoms with Crippen LogP contribution in [0.15, 0.2) is 24.3 Å². The maximum Gasteiger partial charge on any atom is 0.228 e. The Kier molecular flexibility index (Phi) is 4.59. The van der Waals surface area contributed by atoms with E-state index in [1.807, 2.05) is 19.2 Å². The number of benzene rings is 1. The number of para-hydroxylation sites is 1. The molecule has 2 unspecified atom stereocenters. The Balaban J connectivity index is 2.22. The minimum atomic E-state index is 0.163. The average Bonchev–Trinajstić information content (AvgIpc) is 2.44. The first kappa shape index (κ1) is 14.1.